The number of halogens is 4. The van der Waals surface area contributed by atoms with E-state index >= 15 is 0 Å². The Morgan fingerprint density at radius 1 is 1.03 bits per heavy atom. The Labute approximate surface area is 193 Å². The van der Waals surface area contributed by atoms with Crippen LogP contribution in [0, 0.1) is 0 Å². The highest BCUT2D eigenvalue weighted by Crippen LogP contribution is 2.31. The van der Waals surface area contributed by atoms with Crippen molar-refractivity contribution in [1.29, 1.82) is 0 Å². The van der Waals surface area contributed by atoms with Gasteiger partial charge >= 0.3 is 6.18 Å². The lowest BCUT2D eigenvalue weighted by Crippen LogP contribution is -2.19. The number of aromatic nitrogens is 2. The van der Waals surface area contributed by atoms with Crippen LogP contribution in [0.25, 0.3) is 21.9 Å². The Morgan fingerprint density at radius 3 is 2.42 bits per heavy atom. The highest BCUT2D eigenvalue weighted by atomic mass is 35.5. The van der Waals surface area contributed by atoms with Crippen molar-refractivity contribution in [2.24, 2.45) is 0 Å². The van der Waals surface area contributed by atoms with E-state index in [1.54, 1.807) is 29.0 Å². The zero-order valence-corrected chi connectivity index (χ0v) is 18.5. The summed E-state index contributed by atoms with van der Waals surface area (Å²) in [6, 6.07) is 15.1. The minimum Gasteiger partial charge on any atom is -0.489 e. The van der Waals surface area contributed by atoms with E-state index in [1.165, 1.54) is 6.07 Å². The largest absolute Gasteiger partial charge is 0.489 e. The van der Waals surface area contributed by atoms with Crippen molar-refractivity contribution in [2.45, 2.75) is 32.7 Å². The van der Waals surface area contributed by atoms with Gasteiger partial charge in [-0.15, -0.1) is 0 Å². The van der Waals surface area contributed by atoms with Crippen LogP contribution in [0.3, 0.4) is 0 Å². The number of nitrogens with zero attached hydrogens (tertiary/aromatic N) is 2. The standard InChI is InChI=1S/C25H20ClF3N2O2/c1-2-10-31-11-9-18-12-19(13-21(26)23(18)24(31)32)17-4-6-20(7-5-17)33-15-16-3-8-22(30-14-16)25(27,28)29/h3-9,11-14H,2,10,15H2,1H3. The average molecular weight is 473 g/mol. The first-order valence-electron chi connectivity index (χ1n) is 10.3. The van der Waals surface area contributed by atoms with Crippen molar-refractivity contribution in [2.75, 3.05) is 0 Å². The van der Waals surface area contributed by atoms with Crippen LogP contribution in [-0.2, 0) is 19.3 Å². The summed E-state index contributed by atoms with van der Waals surface area (Å²) < 4.78 is 45.2. The predicted molar refractivity (Wildman–Crippen MR) is 123 cm³/mol. The second kappa shape index (κ2) is 9.27. The first-order chi connectivity index (χ1) is 15.8. The lowest BCUT2D eigenvalue weighted by atomic mass is 10.0. The molecule has 4 nitrogen and oxygen atoms in total. The third-order valence-electron chi connectivity index (χ3n) is 5.20. The van der Waals surface area contributed by atoms with Crippen LogP contribution >= 0.6 is 11.6 Å². The van der Waals surface area contributed by atoms with Crippen LogP contribution in [0.1, 0.15) is 24.6 Å². The van der Waals surface area contributed by atoms with Gasteiger partial charge in [0.2, 0.25) is 0 Å². The highest BCUT2D eigenvalue weighted by molar-refractivity contribution is 6.35. The summed E-state index contributed by atoms with van der Waals surface area (Å²) in [5.41, 5.74) is 1.24. The maximum absolute atomic E-state index is 12.7. The van der Waals surface area contributed by atoms with Crippen molar-refractivity contribution in [3.63, 3.8) is 0 Å². The molecule has 33 heavy (non-hydrogen) atoms. The van der Waals surface area contributed by atoms with E-state index in [9.17, 15) is 18.0 Å². The van der Waals surface area contributed by atoms with Gasteiger partial charge in [0.15, 0.2) is 0 Å². The summed E-state index contributed by atoms with van der Waals surface area (Å²) in [5, 5.41) is 1.67. The van der Waals surface area contributed by atoms with E-state index in [0.717, 1.165) is 35.2 Å². The molecule has 0 spiro atoms. The molecule has 0 atom stereocenters. The van der Waals surface area contributed by atoms with Gasteiger partial charge in [0, 0.05) is 24.5 Å². The lowest BCUT2D eigenvalue weighted by molar-refractivity contribution is -0.141. The van der Waals surface area contributed by atoms with Crippen LogP contribution in [-0.4, -0.2) is 9.55 Å². The number of aryl methyl sites for hydroxylation is 1. The van der Waals surface area contributed by atoms with E-state index in [0.29, 0.717) is 28.3 Å². The van der Waals surface area contributed by atoms with Gasteiger partial charge in [0.05, 0.1) is 10.4 Å². The van der Waals surface area contributed by atoms with Crippen molar-refractivity contribution >= 4 is 22.4 Å². The Hall–Kier alpha value is -3.32. The fourth-order valence-corrected chi connectivity index (χ4v) is 3.85. The van der Waals surface area contributed by atoms with Gasteiger partial charge < -0.3 is 9.30 Å². The lowest BCUT2D eigenvalue weighted by Gasteiger charge is -2.11. The van der Waals surface area contributed by atoms with Crippen LogP contribution in [0.4, 0.5) is 13.2 Å². The Morgan fingerprint density at radius 2 is 1.79 bits per heavy atom. The Balaban J connectivity index is 1.51. The molecule has 2 aromatic carbocycles. The number of hydrogen-bond donors (Lipinski definition) is 0. The summed E-state index contributed by atoms with van der Waals surface area (Å²) in [4.78, 5) is 16.1. The topological polar surface area (TPSA) is 44.1 Å². The molecule has 0 N–H and O–H groups in total. The monoisotopic (exact) mass is 472 g/mol. The molecule has 4 rings (SSSR count). The Bertz CT molecular complexity index is 1330. The fourth-order valence-electron chi connectivity index (χ4n) is 3.54. The van der Waals surface area contributed by atoms with Gasteiger partial charge in [-0.05, 0) is 59.3 Å². The van der Waals surface area contributed by atoms with Gasteiger partial charge in [-0.3, -0.25) is 9.78 Å². The van der Waals surface area contributed by atoms with Crippen molar-refractivity contribution in [3.05, 3.63) is 93.6 Å². The summed E-state index contributed by atoms with van der Waals surface area (Å²) in [5.74, 6) is 0.563. The van der Waals surface area contributed by atoms with Crippen LogP contribution in [0.2, 0.25) is 5.02 Å². The SMILES string of the molecule is CCCn1ccc2cc(-c3ccc(OCc4ccc(C(F)(F)F)nc4)cc3)cc(Cl)c2c1=O. The number of rotatable bonds is 6. The van der Waals surface area contributed by atoms with Gasteiger partial charge in [0.25, 0.3) is 5.56 Å². The molecular weight excluding hydrogens is 453 g/mol. The molecule has 4 aromatic rings. The minimum absolute atomic E-state index is 0.0936. The molecule has 8 heteroatoms. The molecule has 2 aromatic heterocycles. The molecule has 0 radical (unpaired) electrons. The van der Waals surface area contributed by atoms with E-state index in [2.05, 4.69) is 4.98 Å². The zero-order chi connectivity index (χ0) is 23.6. The second-order valence-corrected chi connectivity index (χ2v) is 8.01. The van der Waals surface area contributed by atoms with Crippen molar-refractivity contribution < 1.29 is 17.9 Å². The molecule has 170 valence electrons. The number of hydrogen-bond acceptors (Lipinski definition) is 3. The molecule has 0 aliphatic carbocycles. The summed E-state index contributed by atoms with van der Waals surface area (Å²) in [7, 11) is 0. The Kier molecular flexibility index (Phi) is 6.42. The van der Waals surface area contributed by atoms with E-state index in [-0.39, 0.29) is 12.2 Å². The minimum atomic E-state index is -4.47. The molecule has 0 saturated carbocycles. The second-order valence-electron chi connectivity index (χ2n) is 7.60. The number of benzene rings is 2. The van der Waals surface area contributed by atoms with Crippen molar-refractivity contribution in [3.8, 4) is 16.9 Å². The zero-order valence-electron chi connectivity index (χ0n) is 17.7. The number of alkyl halides is 3. The van der Waals surface area contributed by atoms with Crippen LogP contribution in [0.5, 0.6) is 5.75 Å². The third kappa shape index (κ3) is 5.03. The van der Waals surface area contributed by atoms with Crippen molar-refractivity contribution in [1.82, 2.24) is 9.55 Å². The molecular formula is C25H20ClF3N2O2. The van der Waals surface area contributed by atoms with Gasteiger partial charge in [-0.2, -0.15) is 13.2 Å². The molecule has 0 unspecified atom stereocenters. The number of fused-ring (bicyclic) bond motifs is 1. The fraction of sp³-hybridized carbons (Fsp3) is 0.200. The first kappa shape index (κ1) is 22.9. The molecule has 2 heterocycles. The van der Waals surface area contributed by atoms with E-state index in [4.69, 9.17) is 16.3 Å². The maximum Gasteiger partial charge on any atom is 0.433 e. The average Bonchev–Trinajstić information content (AvgIpc) is 2.79. The smallest absolute Gasteiger partial charge is 0.433 e. The molecule has 0 aliphatic heterocycles. The molecule has 0 bridgehead atoms. The summed E-state index contributed by atoms with van der Waals surface area (Å²) in [6.45, 7) is 2.74. The van der Waals surface area contributed by atoms with Gasteiger partial charge in [-0.25, -0.2) is 0 Å². The highest BCUT2D eigenvalue weighted by Gasteiger charge is 2.32. The van der Waals surface area contributed by atoms with Crippen LogP contribution < -0.4 is 10.3 Å². The molecule has 0 fully saturated rings. The number of ether oxygens (including phenoxy) is 1. The predicted octanol–water partition coefficient (Wildman–Crippen LogP) is 6.72. The summed E-state index contributed by atoms with van der Waals surface area (Å²) >= 11 is 6.46. The summed E-state index contributed by atoms with van der Waals surface area (Å²) in [6.07, 6.45) is -0.679. The molecule has 0 amide bonds. The molecule has 0 saturated heterocycles. The van der Waals surface area contributed by atoms with E-state index < -0.39 is 11.9 Å². The quantitative estimate of drug-likeness (QED) is 0.312. The molecule has 0 aliphatic rings. The normalized spacial score (nSPS) is 11.7. The number of pyridine rings is 2. The van der Waals surface area contributed by atoms with E-state index in [1.807, 2.05) is 31.2 Å². The third-order valence-corrected chi connectivity index (χ3v) is 5.50. The first-order valence-corrected chi connectivity index (χ1v) is 10.7. The van der Waals surface area contributed by atoms with Gasteiger partial charge in [0.1, 0.15) is 18.1 Å². The maximum atomic E-state index is 12.7. The van der Waals surface area contributed by atoms with Gasteiger partial charge in [-0.1, -0.05) is 36.7 Å². The van der Waals surface area contributed by atoms with Crippen LogP contribution in [0.15, 0.2) is 71.8 Å².